The first-order valence-corrected chi connectivity index (χ1v) is 8.92. The summed E-state index contributed by atoms with van der Waals surface area (Å²) in [5.41, 5.74) is 0.0436. The largest absolute Gasteiger partial charge is 0.496 e. The lowest BCUT2D eigenvalue weighted by Gasteiger charge is -2.08. The van der Waals surface area contributed by atoms with Crippen LogP contribution in [0.25, 0.3) is 0 Å². The van der Waals surface area contributed by atoms with Crippen molar-refractivity contribution in [1.29, 1.82) is 0 Å². The highest BCUT2D eigenvalue weighted by molar-refractivity contribution is 6.30. The zero-order valence-corrected chi connectivity index (χ0v) is 15.5. The molecular weight excluding hydrogens is 437 g/mol. The molecule has 0 aromatic heterocycles. The van der Waals surface area contributed by atoms with Gasteiger partial charge < -0.3 is 14.2 Å². The van der Waals surface area contributed by atoms with Crippen molar-refractivity contribution < 1.29 is 40.3 Å². The molecule has 0 amide bonds. The highest BCUT2D eigenvalue weighted by Crippen LogP contribution is 2.28. The van der Waals surface area contributed by atoms with E-state index in [4.69, 9.17) is 25.8 Å². The molecule has 0 saturated carbocycles. The Balaban J connectivity index is 2.56. The van der Waals surface area contributed by atoms with Gasteiger partial charge in [-0.2, -0.15) is 0 Å². The SMILES string of the molecule is COc1cc(OC)c([I+]c2cc(Cl)ccc2[N+](=O)[O-])c(OC)c1. The van der Waals surface area contributed by atoms with Crippen molar-refractivity contribution >= 4 is 17.3 Å². The average molecular weight is 451 g/mol. The van der Waals surface area contributed by atoms with Crippen LogP contribution in [0.15, 0.2) is 30.3 Å². The smallest absolute Gasteiger partial charge is 0.373 e. The van der Waals surface area contributed by atoms with Crippen LogP contribution in [0.1, 0.15) is 0 Å². The van der Waals surface area contributed by atoms with Gasteiger partial charge in [-0.05, 0) is 6.07 Å². The third kappa shape index (κ3) is 3.97. The molecule has 0 aliphatic carbocycles. The van der Waals surface area contributed by atoms with E-state index in [1.807, 2.05) is 0 Å². The maximum Gasteiger partial charge on any atom is 0.373 e. The standard InChI is InChI=1S/C15H14ClINO5/c1-21-10-7-13(22-2)15(14(8-10)23-3)17-11-6-9(16)4-5-12(11)18(19)20/h4-8H,1-3H3/q+1. The van der Waals surface area contributed by atoms with Crippen LogP contribution in [0.5, 0.6) is 17.2 Å². The average Bonchev–Trinajstić information content (AvgIpc) is 2.54. The number of nitrogens with zero attached hydrogens (tertiary/aromatic N) is 1. The zero-order chi connectivity index (χ0) is 17.0. The molecule has 0 N–H and O–H groups in total. The van der Waals surface area contributed by atoms with Gasteiger partial charge in [0.05, 0.1) is 26.3 Å². The Morgan fingerprint density at radius 2 is 1.65 bits per heavy atom. The van der Waals surface area contributed by atoms with Gasteiger partial charge >= 0.3 is 26.9 Å². The molecule has 2 rings (SSSR count). The normalized spacial score (nSPS) is 10.3. The highest BCUT2D eigenvalue weighted by Gasteiger charge is 2.34. The van der Waals surface area contributed by atoms with E-state index in [2.05, 4.69) is 0 Å². The summed E-state index contributed by atoms with van der Waals surface area (Å²) < 4.78 is 17.4. The lowest BCUT2D eigenvalue weighted by atomic mass is 10.3. The van der Waals surface area contributed by atoms with Crippen LogP contribution in [-0.4, -0.2) is 26.3 Å². The Kier molecular flexibility index (Phi) is 5.89. The Bertz CT molecular complexity index is 713. The second-order valence-electron chi connectivity index (χ2n) is 4.29. The highest BCUT2D eigenvalue weighted by atomic mass is 127. The summed E-state index contributed by atoms with van der Waals surface area (Å²) in [6, 6.07) is 8.01. The first-order chi connectivity index (χ1) is 11.0. The first kappa shape index (κ1) is 17.6. The van der Waals surface area contributed by atoms with Gasteiger partial charge in [0.15, 0.2) is 11.5 Å². The lowest BCUT2D eigenvalue weighted by Crippen LogP contribution is -3.61. The quantitative estimate of drug-likeness (QED) is 0.362. The summed E-state index contributed by atoms with van der Waals surface area (Å²) in [7, 11) is 4.62. The minimum Gasteiger partial charge on any atom is -0.496 e. The number of benzene rings is 2. The molecule has 0 heterocycles. The van der Waals surface area contributed by atoms with Crippen molar-refractivity contribution in [2.24, 2.45) is 0 Å². The van der Waals surface area contributed by atoms with Gasteiger partial charge in [-0.25, -0.2) is 0 Å². The first-order valence-electron chi connectivity index (χ1n) is 6.39. The number of hydrogen-bond acceptors (Lipinski definition) is 5. The molecule has 23 heavy (non-hydrogen) atoms. The van der Waals surface area contributed by atoms with E-state index in [1.165, 1.54) is 26.4 Å². The molecule has 0 fully saturated rings. The molecule has 0 spiro atoms. The molecule has 122 valence electrons. The summed E-state index contributed by atoms with van der Waals surface area (Å²) in [5, 5.41) is 11.7. The van der Waals surface area contributed by atoms with E-state index in [0.717, 1.165) is 3.57 Å². The van der Waals surface area contributed by atoms with Crippen molar-refractivity contribution in [3.63, 3.8) is 0 Å². The van der Waals surface area contributed by atoms with E-state index < -0.39 is 26.1 Å². The summed E-state index contributed by atoms with van der Waals surface area (Å²) in [6.45, 7) is 0. The molecule has 0 saturated heterocycles. The van der Waals surface area contributed by atoms with Gasteiger partial charge in [-0.15, -0.1) is 0 Å². The van der Waals surface area contributed by atoms with E-state index in [-0.39, 0.29) is 5.69 Å². The maximum absolute atomic E-state index is 11.2. The lowest BCUT2D eigenvalue weighted by molar-refractivity contribution is -0.606. The number of hydrogen-bond donors (Lipinski definition) is 0. The summed E-state index contributed by atoms with van der Waals surface area (Å²) in [5.74, 6) is 1.73. The molecule has 6 nitrogen and oxygen atoms in total. The van der Waals surface area contributed by atoms with E-state index in [0.29, 0.717) is 25.8 Å². The van der Waals surface area contributed by atoms with Crippen LogP contribution in [0.4, 0.5) is 5.69 Å². The summed E-state index contributed by atoms with van der Waals surface area (Å²) >= 11 is 5.05. The van der Waals surface area contributed by atoms with Crippen LogP contribution in [0.3, 0.4) is 0 Å². The Hall–Kier alpha value is -1.74. The van der Waals surface area contributed by atoms with Crippen molar-refractivity contribution in [3.05, 3.63) is 52.6 Å². The zero-order valence-electron chi connectivity index (χ0n) is 12.6. The molecule has 0 aliphatic heterocycles. The van der Waals surface area contributed by atoms with Gasteiger partial charge in [0.25, 0.3) is 7.14 Å². The second-order valence-corrected chi connectivity index (χ2v) is 7.51. The molecule has 0 atom stereocenters. The fourth-order valence-electron chi connectivity index (χ4n) is 1.86. The van der Waals surface area contributed by atoms with Crippen LogP contribution in [0.2, 0.25) is 5.02 Å². The number of nitro groups is 1. The molecule has 0 bridgehead atoms. The maximum atomic E-state index is 11.2. The topological polar surface area (TPSA) is 70.8 Å². The van der Waals surface area contributed by atoms with Crippen molar-refractivity contribution in [2.45, 2.75) is 0 Å². The summed E-state index contributed by atoms with van der Waals surface area (Å²) in [4.78, 5) is 10.8. The third-order valence-electron chi connectivity index (χ3n) is 2.96. The predicted molar refractivity (Wildman–Crippen MR) is 81.6 cm³/mol. The molecule has 2 aromatic carbocycles. The molecule has 0 radical (unpaired) electrons. The number of methoxy groups -OCH3 is 3. The minimum absolute atomic E-state index is 0.0436. The number of ether oxygens (including phenoxy) is 3. The summed E-state index contributed by atoms with van der Waals surface area (Å²) in [6.07, 6.45) is 0. The third-order valence-corrected chi connectivity index (χ3v) is 6.24. The Morgan fingerprint density at radius 3 is 2.13 bits per heavy atom. The number of halogens is 2. The number of rotatable bonds is 6. The van der Waals surface area contributed by atoms with Crippen molar-refractivity contribution in [3.8, 4) is 17.2 Å². The molecule has 8 heteroatoms. The van der Waals surface area contributed by atoms with Crippen LogP contribution in [0, 0.1) is 17.3 Å². The van der Waals surface area contributed by atoms with E-state index in [1.54, 1.807) is 25.3 Å². The fraction of sp³-hybridized carbons (Fsp3) is 0.200. The van der Waals surface area contributed by atoms with Crippen LogP contribution < -0.4 is 35.4 Å². The van der Waals surface area contributed by atoms with Gasteiger partial charge in [0.2, 0.25) is 0 Å². The molecule has 0 unspecified atom stereocenters. The van der Waals surface area contributed by atoms with Crippen LogP contribution in [-0.2, 0) is 0 Å². The van der Waals surface area contributed by atoms with Gasteiger partial charge in [0.1, 0.15) is 5.75 Å². The van der Waals surface area contributed by atoms with Crippen molar-refractivity contribution in [2.75, 3.05) is 21.3 Å². The molecule has 2 aromatic rings. The Morgan fingerprint density at radius 1 is 1.04 bits per heavy atom. The van der Waals surface area contributed by atoms with Crippen LogP contribution >= 0.6 is 11.6 Å². The molecule has 0 aliphatic rings. The van der Waals surface area contributed by atoms with Gasteiger partial charge in [0, 0.05) is 29.3 Å². The Labute approximate surface area is 148 Å². The van der Waals surface area contributed by atoms with Gasteiger partial charge in [-0.3, -0.25) is 10.1 Å². The molecular formula is C15H14ClINO5+. The van der Waals surface area contributed by atoms with E-state index >= 15 is 0 Å². The minimum atomic E-state index is -0.949. The monoisotopic (exact) mass is 450 g/mol. The fourth-order valence-corrected chi connectivity index (χ4v) is 5.23. The number of nitro benzene ring substituents is 1. The van der Waals surface area contributed by atoms with Gasteiger partial charge in [-0.1, -0.05) is 11.6 Å². The van der Waals surface area contributed by atoms with E-state index in [9.17, 15) is 10.1 Å². The predicted octanol–water partition coefficient (Wildman–Crippen LogP) is 0.402. The second kappa shape index (κ2) is 7.69. The van der Waals surface area contributed by atoms with Crippen molar-refractivity contribution in [1.82, 2.24) is 0 Å².